The summed E-state index contributed by atoms with van der Waals surface area (Å²) in [6.45, 7) is 1.64. The molecule has 4 rings (SSSR count). The molecule has 180 valence electrons. The molecular formula is C24H25F3N4O3. The molecule has 1 saturated heterocycles. The molecule has 2 heterocycles. The zero-order chi connectivity index (χ0) is 24.5. The summed E-state index contributed by atoms with van der Waals surface area (Å²) in [5, 5.41) is 11.9. The summed E-state index contributed by atoms with van der Waals surface area (Å²) >= 11 is 0. The van der Waals surface area contributed by atoms with E-state index in [1.165, 1.54) is 12.1 Å². The van der Waals surface area contributed by atoms with Crippen LogP contribution >= 0.6 is 0 Å². The fourth-order valence-electron chi connectivity index (χ4n) is 4.43. The van der Waals surface area contributed by atoms with E-state index < -0.39 is 23.1 Å². The largest absolute Gasteiger partial charge is 0.416 e. The van der Waals surface area contributed by atoms with Gasteiger partial charge in [-0.2, -0.15) is 13.2 Å². The van der Waals surface area contributed by atoms with Crippen molar-refractivity contribution in [1.29, 1.82) is 0 Å². The van der Waals surface area contributed by atoms with Crippen LogP contribution in [-0.4, -0.2) is 58.5 Å². The maximum Gasteiger partial charge on any atom is 0.416 e. The van der Waals surface area contributed by atoms with Crippen LogP contribution < -0.4 is 5.32 Å². The number of nitrogens with zero attached hydrogens (tertiary/aromatic N) is 3. The number of carbonyl (C=O) groups excluding carboxylic acids is 2. The number of aldehydes is 1. The molecule has 0 bridgehead atoms. The second-order valence-electron chi connectivity index (χ2n) is 8.66. The van der Waals surface area contributed by atoms with Crippen molar-refractivity contribution >= 4 is 29.2 Å². The molecule has 2 N–H and O–H groups in total. The third kappa shape index (κ3) is 4.55. The lowest BCUT2D eigenvalue weighted by atomic mass is 9.81. The number of aromatic nitrogens is 2. The van der Waals surface area contributed by atoms with Crippen LogP contribution in [0.1, 0.15) is 34.3 Å². The van der Waals surface area contributed by atoms with Gasteiger partial charge in [0.1, 0.15) is 6.29 Å². The van der Waals surface area contributed by atoms with E-state index in [4.69, 9.17) is 0 Å². The molecule has 0 saturated carbocycles. The first-order valence-electron chi connectivity index (χ1n) is 10.9. The smallest absolute Gasteiger partial charge is 0.396 e. The number of hydrogen-bond acceptors (Lipinski definition) is 5. The maximum absolute atomic E-state index is 13.1. The summed E-state index contributed by atoms with van der Waals surface area (Å²) in [4.78, 5) is 31.4. The Morgan fingerprint density at radius 1 is 1.26 bits per heavy atom. The maximum atomic E-state index is 13.1. The number of rotatable bonds is 7. The standard InChI is InChI=1S/C24H25F3N4O3/c1-30-10-8-23(14-30,15-33)17-6-7-20-19(13-17)28-22(31(20)9-3-11-32)29-21(34)16-4-2-5-18(12-16)24(25,26)27/h2,4-7,12-13,15,32H,3,8-11,14H2,1H3,(H,28,29,34). The Bertz CT molecular complexity index is 1220. The Morgan fingerprint density at radius 3 is 2.71 bits per heavy atom. The number of halogens is 3. The minimum absolute atomic E-state index is 0.0840. The molecule has 2 aromatic carbocycles. The van der Waals surface area contributed by atoms with Gasteiger partial charge in [-0.1, -0.05) is 12.1 Å². The summed E-state index contributed by atoms with van der Waals surface area (Å²) in [7, 11) is 1.95. The van der Waals surface area contributed by atoms with Crippen molar-refractivity contribution in [3.63, 3.8) is 0 Å². The van der Waals surface area contributed by atoms with Gasteiger partial charge in [0.15, 0.2) is 0 Å². The highest BCUT2D eigenvalue weighted by Gasteiger charge is 2.38. The van der Waals surface area contributed by atoms with Crippen LogP contribution in [0.5, 0.6) is 0 Å². The minimum atomic E-state index is -4.57. The molecule has 3 aromatic rings. The molecule has 1 amide bonds. The molecule has 1 unspecified atom stereocenters. The Balaban J connectivity index is 1.70. The summed E-state index contributed by atoms with van der Waals surface area (Å²) < 4.78 is 40.9. The molecule has 1 fully saturated rings. The summed E-state index contributed by atoms with van der Waals surface area (Å²) in [5.74, 6) is -0.569. The molecule has 7 nitrogen and oxygen atoms in total. The van der Waals surface area contributed by atoms with Crippen molar-refractivity contribution < 1.29 is 27.9 Å². The van der Waals surface area contributed by atoms with E-state index in [0.29, 0.717) is 37.0 Å². The summed E-state index contributed by atoms with van der Waals surface area (Å²) in [5.41, 5.74) is 0.347. The number of fused-ring (bicyclic) bond motifs is 1. The highest BCUT2D eigenvalue weighted by atomic mass is 19.4. The van der Waals surface area contributed by atoms with E-state index in [1.807, 2.05) is 25.2 Å². The van der Waals surface area contributed by atoms with Gasteiger partial charge in [0, 0.05) is 25.3 Å². The van der Waals surface area contributed by atoms with Crippen LogP contribution in [0.4, 0.5) is 19.1 Å². The Kier molecular flexibility index (Phi) is 6.46. The highest BCUT2D eigenvalue weighted by molar-refractivity contribution is 6.04. The Hall–Kier alpha value is -3.24. The zero-order valence-electron chi connectivity index (χ0n) is 18.6. The SMILES string of the molecule is CN1CCC(C=O)(c2ccc3c(c2)nc(NC(=O)c2cccc(C(F)(F)F)c2)n3CCCO)C1. The second-order valence-corrected chi connectivity index (χ2v) is 8.66. The first kappa shape index (κ1) is 23.9. The predicted octanol–water partition coefficient (Wildman–Crippen LogP) is 3.46. The fraction of sp³-hybridized carbons (Fsp3) is 0.375. The van der Waals surface area contributed by atoms with Crippen molar-refractivity contribution in [2.24, 2.45) is 0 Å². The Labute approximate surface area is 194 Å². The van der Waals surface area contributed by atoms with E-state index in [9.17, 15) is 27.9 Å². The van der Waals surface area contributed by atoms with Crippen molar-refractivity contribution in [3.05, 3.63) is 59.2 Å². The van der Waals surface area contributed by atoms with Gasteiger partial charge in [-0.3, -0.25) is 10.1 Å². The number of amides is 1. The number of alkyl halides is 3. The molecule has 1 aliphatic heterocycles. The number of aryl methyl sites for hydroxylation is 1. The molecule has 0 radical (unpaired) electrons. The fourth-order valence-corrected chi connectivity index (χ4v) is 4.43. The van der Waals surface area contributed by atoms with Crippen molar-refractivity contribution in [2.45, 2.75) is 31.0 Å². The van der Waals surface area contributed by atoms with Crippen LogP contribution in [0.15, 0.2) is 42.5 Å². The summed E-state index contributed by atoms with van der Waals surface area (Å²) in [6, 6.07) is 9.67. The van der Waals surface area contributed by atoms with E-state index >= 15 is 0 Å². The number of aliphatic hydroxyl groups excluding tert-OH is 1. The average molecular weight is 474 g/mol. The summed E-state index contributed by atoms with van der Waals surface area (Å²) in [6.07, 6.45) is -2.52. The molecule has 1 aromatic heterocycles. The average Bonchev–Trinajstić information content (AvgIpc) is 3.37. The van der Waals surface area contributed by atoms with Gasteiger partial charge in [-0.05, 0) is 62.3 Å². The van der Waals surface area contributed by atoms with Gasteiger partial charge in [0.05, 0.1) is 22.0 Å². The first-order valence-corrected chi connectivity index (χ1v) is 10.9. The first-order chi connectivity index (χ1) is 16.2. The van der Waals surface area contributed by atoms with Gasteiger partial charge in [0.25, 0.3) is 5.91 Å². The van der Waals surface area contributed by atoms with Crippen LogP contribution in [0, 0.1) is 0 Å². The zero-order valence-corrected chi connectivity index (χ0v) is 18.6. The molecule has 1 aliphatic rings. The number of benzene rings is 2. The van der Waals surface area contributed by atoms with Gasteiger partial charge in [-0.15, -0.1) is 0 Å². The number of likely N-dealkylation sites (N-methyl/N-ethyl adjacent to an activating group) is 1. The van der Waals surface area contributed by atoms with Crippen LogP contribution in [0.3, 0.4) is 0 Å². The van der Waals surface area contributed by atoms with Crippen molar-refractivity contribution in [1.82, 2.24) is 14.5 Å². The normalized spacial score (nSPS) is 19.0. The third-order valence-corrected chi connectivity index (χ3v) is 6.26. The topological polar surface area (TPSA) is 87.5 Å². The van der Waals surface area contributed by atoms with Gasteiger partial charge >= 0.3 is 6.18 Å². The van der Waals surface area contributed by atoms with Crippen LogP contribution in [0.25, 0.3) is 11.0 Å². The lowest BCUT2D eigenvalue weighted by Crippen LogP contribution is -2.31. The van der Waals surface area contributed by atoms with E-state index in [0.717, 1.165) is 30.5 Å². The second kappa shape index (κ2) is 9.19. The number of hydrogen-bond donors (Lipinski definition) is 2. The number of anilines is 1. The van der Waals surface area contributed by atoms with Crippen molar-refractivity contribution in [3.8, 4) is 0 Å². The lowest BCUT2D eigenvalue weighted by molar-refractivity contribution is -0.137. The number of likely N-dealkylation sites (tertiary alicyclic amines) is 1. The highest BCUT2D eigenvalue weighted by Crippen LogP contribution is 2.34. The Morgan fingerprint density at radius 2 is 2.06 bits per heavy atom. The number of carbonyl (C=O) groups is 2. The third-order valence-electron chi connectivity index (χ3n) is 6.26. The number of aliphatic hydroxyl groups is 1. The van der Waals surface area contributed by atoms with E-state index in [1.54, 1.807) is 4.57 Å². The van der Waals surface area contributed by atoms with Gasteiger partial charge in [-0.25, -0.2) is 4.98 Å². The lowest BCUT2D eigenvalue weighted by Gasteiger charge is -2.22. The molecule has 34 heavy (non-hydrogen) atoms. The molecule has 10 heteroatoms. The molecular weight excluding hydrogens is 449 g/mol. The van der Waals surface area contributed by atoms with Crippen LogP contribution in [0.2, 0.25) is 0 Å². The number of imidazole rings is 1. The van der Waals surface area contributed by atoms with Crippen LogP contribution in [-0.2, 0) is 22.9 Å². The molecule has 0 aliphatic carbocycles. The molecule has 0 spiro atoms. The molecule has 1 atom stereocenters. The monoisotopic (exact) mass is 474 g/mol. The quantitative estimate of drug-likeness (QED) is 0.512. The van der Waals surface area contributed by atoms with Crippen molar-refractivity contribution in [2.75, 3.05) is 32.1 Å². The van der Waals surface area contributed by atoms with Gasteiger partial charge in [0.2, 0.25) is 5.95 Å². The van der Waals surface area contributed by atoms with E-state index in [-0.39, 0.29) is 18.1 Å². The predicted molar refractivity (Wildman–Crippen MR) is 121 cm³/mol. The minimum Gasteiger partial charge on any atom is -0.396 e. The van der Waals surface area contributed by atoms with E-state index in [2.05, 4.69) is 15.2 Å². The van der Waals surface area contributed by atoms with Gasteiger partial charge < -0.3 is 19.4 Å². The number of nitrogens with one attached hydrogen (secondary N) is 1.